The molecule has 0 spiro atoms. The fourth-order valence-corrected chi connectivity index (χ4v) is 7.94. The van der Waals surface area contributed by atoms with Gasteiger partial charge >= 0.3 is 11.8 Å². The van der Waals surface area contributed by atoms with Crippen LogP contribution in [0.3, 0.4) is 0 Å². The average Bonchev–Trinajstić information content (AvgIpc) is 3.38. The molecule has 0 saturated heterocycles. The van der Waals surface area contributed by atoms with Crippen LogP contribution < -0.4 is 50.3 Å². The third-order valence-corrected chi connectivity index (χ3v) is 11.7. The Bertz CT molecular complexity index is 2680. The fourth-order valence-electron chi connectivity index (χ4n) is 7.94. The minimum atomic E-state index is -2.12. The number of carbonyl (C=O) groups excluding carboxylic acids is 6. The summed E-state index contributed by atoms with van der Waals surface area (Å²) < 4.78 is 33.9. The molecule has 4 aromatic rings. The topological polar surface area (TPSA) is 285 Å². The zero-order chi connectivity index (χ0) is 55.3. The maximum Gasteiger partial charge on any atom is 0.410 e. The van der Waals surface area contributed by atoms with Crippen molar-refractivity contribution in [2.45, 2.75) is 89.4 Å². The molecule has 0 aliphatic carbocycles. The third-order valence-electron chi connectivity index (χ3n) is 11.7. The number of carbonyl (C=O) groups is 6. The van der Waals surface area contributed by atoms with Crippen molar-refractivity contribution < 1.29 is 67.2 Å². The number of methoxy groups -OCH3 is 3. The molecule has 4 aromatic carbocycles. The monoisotopic (exact) mass is 1040 g/mol. The molecular formula is C53H65N7O15. The van der Waals surface area contributed by atoms with Crippen molar-refractivity contribution in [1.29, 1.82) is 0 Å². The van der Waals surface area contributed by atoms with Crippen molar-refractivity contribution in [2.75, 3.05) is 42.0 Å². The number of nitrogens with one attached hydrogen (secondary N) is 5. The summed E-state index contributed by atoms with van der Waals surface area (Å²) in [5.41, 5.74) is -0.801. The third kappa shape index (κ3) is 14.9. The van der Waals surface area contributed by atoms with Gasteiger partial charge in [-0.15, -0.1) is 0 Å². The Hall–Kier alpha value is -8.40. The van der Waals surface area contributed by atoms with Crippen LogP contribution in [-0.4, -0.2) is 116 Å². The molecule has 5 atom stereocenters. The number of nitrogens with zero attached hydrogens (tertiary/aromatic N) is 2. The normalized spacial score (nSPS) is 17.0. The number of benzene rings is 4. The molecular weight excluding hydrogens is 975 g/mol. The molecule has 22 heteroatoms. The van der Waals surface area contributed by atoms with Crippen LogP contribution in [0.5, 0.6) is 34.5 Å². The van der Waals surface area contributed by atoms with E-state index in [1.807, 2.05) is 0 Å². The van der Waals surface area contributed by atoms with E-state index in [0.29, 0.717) is 22.6 Å². The van der Waals surface area contributed by atoms with Crippen molar-refractivity contribution in [1.82, 2.24) is 31.5 Å². The Morgan fingerprint density at radius 3 is 2.01 bits per heavy atom. The van der Waals surface area contributed by atoms with Gasteiger partial charge in [0.1, 0.15) is 54.0 Å². The first-order valence-corrected chi connectivity index (χ1v) is 23.8. The number of hydrogen-bond donors (Lipinski definition) is 6. The second-order valence-electron chi connectivity index (χ2n) is 18.8. The van der Waals surface area contributed by atoms with E-state index in [1.165, 1.54) is 59.7 Å². The number of nitro benzene ring substituents is 1. The molecule has 6 N–H and O–H groups in total. The van der Waals surface area contributed by atoms with Gasteiger partial charge in [0.15, 0.2) is 11.5 Å². The van der Waals surface area contributed by atoms with Crippen LogP contribution >= 0.6 is 0 Å². The van der Waals surface area contributed by atoms with Crippen molar-refractivity contribution in [3.8, 4) is 34.5 Å². The van der Waals surface area contributed by atoms with Gasteiger partial charge in [-0.05, 0) is 97.8 Å². The molecule has 22 nitrogen and oxygen atoms in total. The molecule has 2 aliphatic rings. The number of amides is 6. The molecule has 402 valence electrons. The van der Waals surface area contributed by atoms with Gasteiger partial charge in [0.05, 0.1) is 38.7 Å². The van der Waals surface area contributed by atoms with Crippen molar-refractivity contribution in [3.05, 3.63) is 124 Å². The van der Waals surface area contributed by atoms with Crippen LogP contribution in [0, 0.1) is 16.0 Å². The lowest BCUT2D eigenvalue weighted by atomic mass is 9.97. The molecule has 6 amide bonds. The molecule has 0 aromatic heterocycles. The van der Waals surface area contributed by atoms with Crippen LogP contribution in [0.25, 0.3) is 0 Å². The predicted octanol–water partition coefficient (Wildman–Crippen LogP) is 5.48. The smallest absolute Gasteiger partial charge is 0.410 e. The van der Waals surface area contributed by atoms with E-state index < -0.39 is 100 Å². The Kier molecular flexibility index (Phi) is 19.6. The Balaban J connectivity index is 1.71. The van der Waals surface area contributed by atoms with Crippen LogP contribution in [0.2, 0.25) is 0 Å². The number of rotatable bonds is 18. The zero-order valence-electron chi connectivity index (χ0n) is 43.5. The first-order valence-electron chi connectivity index (χ1n) is 23.8. The highest BCUT2D eigenvalue weighted by molar-refractivity contribution is 5.98. The minimum absolute atomic E-state index is 0.00802. The van der Waals surface area contributed by atoms with Crippen LogP contribution in [0.4, 0.5) is 10.5 Å². The summed E-state index contributed by atoms with van der Waals surface area (Å²) in [4.78, 5) is 99.2. The molecule has 75 heavy (non-hydrogen) atoms. The molecule has 2 aliphatic heterocycles. The maximum absolute atomic E-state index is 15.0. The largest absolute Gasteiger partial charge is 0.497 e. The maximum atomic E-state index is 15.0. The summed E-state index contributed by atoms with van der Waals surface area (Å²) in [6.45, 7) is 12.1. The van der Waals surface area contributed by atoms with E-state index in [2.05, 4.69) is 33.2 Å². The summed E-state index contributed by atoms with van der Waals surface area (Å²) in [5, 5.41) is 38.1. The van der Waals surface area contributed by atoms with E-state index >= 15 is 0 Å². The van der Waals surface area contributed by atoms with Crippen LogP contribution in [-0.2, 0) is 28.7 Å². The highest BCUT2D eigenvalue weighted by atomic mass is 16.6. The van der Waals surface area contributed by atoms with E-state index in [9.17, 15) is 44.0 Å². The molecule has 6 rings (SSSR count). The van der Waals surface area contributed by atoms with E-state index in [1.54, 1.807) is 83.1 Å². The molecule has 0 fully saturated rings. The number of ether oxygens (including phenoxy) is 6. The minimum Gasteiger partial charge on any atom is -0.497 e. The molecule has 0 unspecified atom stereocenters. The SMILES string of the molecule is C=CCOc1c(OC)cc2cc1Oc1ccc(cc1[N+](=O)[O-])[C@@H](O)[C@@H](NC(=O)[C@@H](CC(C)C)N(C)C(=O)OC(C)(C)C)C(=O)N[C@@H](CC(=O)NC(c1ccc(OC)cc1)c1ccc(OC)cc1)C(=O)N[C@H]2C(=O)NC. The standard InChI is InChI=1S/C53H65N7O15/c1-12-23-73-47-40(72-11)26-33-27-41(47)74-39-22-17-32(25-37(39)60(68)69)46(62)45(58-49(64)38(24-29(2)3)59(8)52(67)75-53(4,5)6)51(66)55-36(48(63)57-44(33)50(65)54-7)28-42(61)56-43(30-13-18-34(70-9)19-14-30)31-15-20-35(71-10)21-16-31/h12-22,25-27,29,36,38,43-46,62H,1,23-24,28H2,2-11H3,(H,54,65)(H,55,66)(H,56,61)(H,57,63)(H,58,64)/t36-,38+,44+,45+,46+/m0/s1. The molecule has 2 heterocycles. The highest BCUT2D eigenvalue weighted by Crippen LogP contribution is 2.45. The quantitative estimate of drug-likeness (QED) is 0.0409. The lowest BCUT2D eigenvalue weighted by molar-refractivity contribution is -0.385. The molecule has 0 radical (unpaired) electrons. The Morgan fingerprint density at radius 2 is 1.49 bits per heavy atom. The van der Waals surface area contributed by atoms with Crippen molar-refractivity contribution in [3.63, 3.8) is 0 Å². The van der Waals surface area contributed by atoms with Gasteiger partial charge in [0.2, 0.25) is 41.0 Å². The van der Waals surface area contributed by atoms with E-state index in [0.717, 1.165) is 17.0 Å². The summed E-state index contributed by atoms with van der Waals surface area (Å²) in [7, 11) is 6.90. The summed E-state index contributed by atoms with van der Waals surface area (Å²) in [6.07, 6.45) is -2.38. The van der Waals surface area contributed by atoms with E-state index in [4.69, 9.17) is 28.4 Å². The number of aliphatic hydroxyl groups is 1. The number of fused-ring (bicyclic) bond motifs is 9. The summed E-state index contributed by atoms with van der Waals surface area (Å²) >= 11 is 0. The summed E-state index contributed by atoms with van der Waals surface area (Å²) in [5.74, 6) is -4.83. The lowest BCUT2D eigenvalue weighted by Crippen LogP contribution is -2.59. The average molecular weight is 1040 g/mol. The number of hydrogen-bond acceptors (Lipinski definition) is 15. The second-order valence-corrected chi connectivity index (χ2v) is 18.8. The Morgan fingerprint density at radius 1 is 0.880 bits per heavy atom. The van der Waals surface area contributed by atoms with Crippen molar-refractivity contribution in [2.24, 2.45) is 5.92 Å². The highest BCUT2D eigenvalue weighted by Gasteiger charge is 2.40. The predicted molar refractivity (Wildman–Crippen MR) is 273 cm³/mol. The zero-order valence-corrected chi connectivity index (χ0v) is 43.5. The molecule has 4 bridgehead atoms. The number of likely N-dealkylation sites (N-methyl/N-ethyl adjacent to an activating group) is 2. The van der Waals surface area contributed by atoms with Crippen molar-refractivity contribution >= 4 is 41.3 Å². The summed E-state index contributed by atoms with van der Waals surface area (Å²) in [6, 6.07) is 11.7. The van der Waals surface area contributed by atoms with Gasteiger partial charge in [-0.2, -0.15) is 0 Å². The molecule has 0 saturated carbocycles. The van der Waals surface area contributed by atoms with E-state index in [-0.39, 0.29) is 47.3 Å². The Labute approximate surface area is 434 Å². The lowest BCUT2D eigenvalue weighted by Gasteiger charge is -2.33. The fraction of sp³-hybridized carbons (Fsp3) is 0.396. The van der Waals surface area contributed by atoms with Crippen LogP contribution in [0.1, 0.15) is 87.9 Å². The number of aliphatic hydroxyl groups excluding tert-OH is 1. The van der Waals surface area contributed by atoms with Crippen LogP contribution in [0.15, 0.2) is 91.5 Å². The van der Waals surface area contributed by atoms with Gasteiger partial charge in [-0.1, -0.05) is 56.8 Å². The second kappa shape index (κ2) is 25.5. The van der Waals surface area contributed by atoms with Gasteiger partial charge in [-0.3, -0.25) is 39.0 Å². The first-order chi connectivity index (χ1) is 35.5. The van der Waals surface area contributed by atoms with Gasteiger partial charge < -0.3 is 60.1 Å². The van der Waals surface area contributed by atoms with Gasteiger partial charge in [0, 0.05) is 20.2 Å². The van der Waals surface area contributed by atoms with Gasteiger partial charge in [-0.25, -0.2) is 4.79 Å². The number of nitro groups is 1. The first kappa shape index (κ1) is 57.5. The van der Waals surface area contributed by atoms with Gasteiger partial charge in [0.25, 0.3) is 0 Å².